The quantitative estimate of drug-likeness (QED) is 0.596. The number of amides is 3. The zero-order valence-electron chi connectivity index (χ0n) is 16.9. The molecule has 1 saturated heterocycles. The Morgan fingerprint density at radius 1 is 0.935 bits per heavy atom. The lowest BCUT2D eigenvalue weighted by Crippen LogP contribution is -2.46. The van der Waals surface area contributed by atoms with E-state index in [1.807, 2.05) is 45.3 Å². The SMILES string of the molecule is O=C(NC1CCN(C(=O)c2ccc(CNC(=O)c3cccs3)cc2)CC1)c1ccsc1. The molecule has 2 N–H and O–H groups in total. The van der Waals surface area contributed by atoms with Gasteiger partial charge in [0.05, 0.1) is 4.88 Å². The fourth-order valence-electron chi connectivity index (χ4n) is 3.51. The third-order valence-corrected chi connectivity index (χ3v) is 6.85. The average molecular weight is 454 g/mol. The van der Waals surface area contributed by atoms with Crippen LogP contribution in [0, 0.1) is 0 Å². The number of likely N-dealkylation sites (tertiary alicyclic amines) is 1. The Hall–Kier alpha value is -2.97. The zero-order chi connectivity index (χ0) is 21.6. The number of benzene rings is 1. The second kappa shape index (κ2) is 9.89. The number of carbonyl (C=O) groups excluding carboxylic acids is 3. The minimum atomic E-state index is -0.0934. The fourth-order valence-corrected chi connectivity index (χ4v) is 4.79. The highest BCUT2D eigenvalue weighted by Gasteiger charge is 2.25. The van der Waals surface area contributed by atoms with Crippen molar-refractivity contribution < 1.29 is 14.4 Å². The molecule has 0 spiro atoms. The third kappa shape index (κ3) is 5.39. The van der Waals surface area contributed by atoms with Crippen molar-refractivity contribution in [2.24, 2.45) is 0 Å². The van der Waals surface area contributed by atoms with Crippen molar-refractivity contribution in [1.29, 1.82) is 0 Å². The summed E-state index contributed by atoms with van der Waals surface area (Å²) in [6.45, 7) is 1.65. The molecular weight excluding hydrogens is 430 g/mol. The van der Waals surface area contributed by atoms with E-state index in [1.165, 1.54) is 22.7 Å². The van der Waals surface area contributed by atoms with Crippen LogP contribution in [0.25, 0.3) is 0 Å². The number of hydrogen-bond acceptors (Lipinski definition) is 5. The molecule has 6 nitrogen and oxygen atoms in total. The maximum absolute atomic E-state index is 12.8. The summed E-state index contributed by atoms with van der Waals surface area (Å²) in [5, 5.41) is 11.5. The summed E-state index contributed by atoms with van der Waals surface area (Å²) < 4.78 is 0. The molecule has 0 radical (unpaired) electrons. The number of piperidine rings is 1. The standard InChI is InChI=1S/C23H23N3O3S2/c27-21(18-9-13-30-15-18)25-19-7-10-26(11-8-19)23(29)17-5-3-16(4-6-17)14-24-22(28)20-2-1-12-31-20/h1-6,9,12-13,15,19H,7-8,10-11,14H2,(H,24,28)(H,25,27). The van der Waals surface area contributed by atoms with E-state index in [9.17, 15) is 14.4 Å². The Kier molecular flexibility index (Phi) is 6.79. The highest BCUT2D eigenvalue weighted by atomic mass is 32.1. The van der Waals surface area contributed by atoms with Crippen molar-refractivity contribution >= 4 is 40.4 Å². The van der Waals surface area contributed by atoms with Crippen LogP contribution in [-0.2, 0) is 6.54 Å². The molecule has 1 fully saturated rings. The summed E-state index contributed by atoms with van der Waals surface area (Å²) in [7, 11) is 0. The van der Waals surface area contributed by atoms with E-state index in [1.54, 1.807) is 18.2 Å². The van der Waals surface area contributed by atoms with Crippen LogP contribution in [0.2, 0.25) is 0 Å². The lowest BCUT2D eigenvalue weighted by molar-refractivity contribution is 0.0697. The van der Waals surface area contributed by atoms with Crippen LogP contribution < -0.4 is 10.6 Å². The van der Waals surface area contributed by atoms with E-state index in [4.69, 9.17) is 0 Å². The summed E-state index contributed by atoms with van der Waals surface area (Å²) in [6.07, 6.45) is 1.49. The molecule has 1 aliphatic heterocycles. The van der Waals surface area contributed by atoms with Crippen molar-refractivity contribution in [2.45, 2.75) is 25.4 Å². The zero-order valence-corrected chi connectivity index (χ0v) is 18.5. The number of hydrogen-bond donors (Lipinski definition) is 2. The molecule has 3 heterocycles. The lowest BCUT2D eigenvalue weighted by Gasteiger charge is -2.32. The van der Waals surface area contributed by atoms with E-state index in [2.05, 4.69) is 10.6 Å². The predicted molar refractivity (Wildman–Crippen MR) is 123 cm³/mol. The van der Waals surface area contributed by atoms with Gasteiger partial charge in [0.25, 0.3) is 17.7 Å². The van der Waals surface area contributed by atoms with Gasteiger partial charge in [-0.15, -0.1) is 11.3 Å². The van der Waals surface area contributed by atoms with Gasteiger partial charge in [0, 0.05) is 42.2 Å². The Morgan fingerprint density at radius 2 is 1.71 bits per heavy atom. The molecule has 0 saturated carbocycles. The van der Waals surface area contributed by atoms with Gasteiger partial charge >= 0.3 is 0 Å². The van der Waals surface area contributed by atoms with Gasteiger partial charge < -0.3 is 15.5 Å². The van der Waals surface area contributed by atoms with Gasteiger partial charge in [0.15, 0.2) is 0 Å². The van der Waals surface area contributed by atoms with Crippen molar-refractivity contribution in [1.82, 2.24) is 15.5 Å². The fraction of sp³-hybridized carbons (Fsp3) is 0.261. The second-order valence-electron chi connectivity index (χ2n) is 7.41. The first-order chi connectivity index (χ1) is 15.1. The van der Waals surface area contributed by atoms with Crippen molar-refractivity contribution in [3.05, 3.63) is 80.2 Å². The minimum absolute atomic E-state index is 0.00298. The molecule has 0 atom stereocenters. The molecule has 0 bridgehead atoms. The minimum Gasteiger partial charge on any atom is -0.349 e. The third-order valence-electron chi connectivity index (χ3n) is 5.30. The molecule has 4 rings (SSSR count). The smallest absolute Gasteiger partial charge is 0.261 e. The van der Waals surface area contributed by atoms with Gasteiger partial charge in [-0.25, -0.2) is 0 Å². The molecule has 160 valence electrons. The van der Waals surface area contributed by atoms with Gasteiger partial charge in [-0.2, -0.15) is 11.3 Å². The van der Waals surface area contributed by atoms with Crippen LogP contribution in [0.3, 0.4) is 0 Å². The second-order valence-corrected chi connectivity index (χ2v) is 9.14. The van der Waals surface area contributed by atoms with Gasteiger partial charge in [0.2, 0.25) is 0 Å². The van der Waals surface area contributed by atoms with Crippen LogP contribution in [-0.4, -0.2) is 41.8 Å². The molecule has 8 heteroatoms. The molecule has 3 aromatic rings. The van der Waals surface area contributed by atoms with Gasteiger partial charge in [-0.1, -0.05) is 18.2 Å². The van der Waals surface area contributed by atoms with Gasteiger partial charge in [-0.3, -0.25) is 14.4 Å². The van der Waals surface area contributed by atoms with Gasteiger partial charge in [0.1, 0.15) is 0 Å². The van der Waals surface area contributed by atoms with Crippen molar-refractivity contribution in [2.75, 3.05) is 13.1 Å². The van der Waals surface area contributed by atoms with Crippen molar-refractivity contribution in [3.8, 4) is 0 Å². The molecule has 1 aliphatic rings. The van der Waals surface area contributed by atoms with Crippen LogP contribution in [0.4, 0.5) is 0 Å². The van der Waals surface area contributed by atoms with Crippen molar-refractivity contribution in [3.63, 3.8) is 0 Å². The molecule has 1 aromatic carbocycles. The summed E-state index contributed by atoms with van der Waals surface area (Å²) in [4.78, 5) is 39.6. The summed E-state index contributed by atoms with van der Waals surface area (Å²) in [5.74, 6) is -0.145. The van der Waals surface area contributed by atoms with E-state index < -0.39 is 0 Å². The molecule has 2 aromatic heterocycles. The Bertz CT molecular complexity index is 1020. The predicted octanol–water partition coefficient (Wildman–Crippen LogP) is 3.77. The highest BCUT2D eigenvalue weighted by molar-refractivity contribution is 7.12. The lowest BCUT2D eigenvalue weighted by atomic mass is 10.0. The summed E-state index contributed by atoms with van der Waals surface area (Å²) in [5.41, 5.74) is 2.26. The molecule has 0 unspecified atom stereocenters. The number of nitrogens with one attached hydrogen (secondary N) is 2. The highest BCUT2D eigenvalue weighted by Crippen LogP contribution is 2.16. The first kappa shape index (κ1) is 21.3. The monoisotopic (exact) mass is 453 g/mol. The maximum atomic E-state index is 12.8. The number of rotatable bonds is 6. The Morgan fingerprint density at radius 3 is 2.35 bits per heavy atom. The molecule has 3 amide bonds. The number of thiophene rings is 2. The van der Waals surface area contributed by atoms with Crippen LogP contribution in [0.5, 0.6) is 0 Å². The molecule has 0 aliphatic carbocycles. The first-order valence-electron chi connectivity index (χ1n) is 10.1. The molecule has 31 heavy (non-hydrogen) atoms. The average Bonchev–Trinajstić information content (AvgIpc) is 3.52. The van der Waals surface area contributed by atoms with E-state index in [0.29, 0.717) is 35.6 Å². The topological polar surface area (TPSA) is 78.5 Å². The van der Waals surface area contributed by atoms with Gasteiger partial charge in [-0.05, 0) is 53.4 Å². The maximum Gasteiger partial charge on any atom is 0.261 e. The number of carbonyl (C=O) groups is 3. The van der Waals surface area contributed by atoms with E-state index in [0.717, 1.165) is 18.4 Å². The normalized spacial score (nSPS) is 14.3. The van der Waals surface area contributed by atoms with E-state index in [-0.39, 0.29) is 23.8 Å². The largest absolute Gasteiger partial charge is 0.349 e. The van der Waals surface area contributed by atoms with Crippen LogP contribution >= 0.6 is 22.7 Å². The Labute approximate surface area is 188 Å². The molecular formula is C23H23N3O3S2. The summed E-state index contributed by atoms with van der Waals surface area (Å²) >= 11 is 2.91. The Balaban J connectivity index is 1.25. The van der Waals surface area contributed by atoms with Crippen LogP contribution in [0.1, 0.15) is 48.8 Å². The first-order valence-corrected chi connectivity index (χ1v) is 12.0. The number of nitrogens with zero attached hydrogens (tertiary/aromatic N) is 1. The van der Waals surface area contributed by atoms with Crippen LogP contribution in [0.15, 0.2) is 58.6 Å². The van der Waals surface area contributed by atoms with E-state index >= 15 is 0 Å². The summed E-state index contributed by atoms with van der Waals surface area (Å²) in [6, 6.07) is 12.9.